The molecule has 0 spiro atoms. The summed E-state index contributed by atoms with van der Waals surface area (Å²) in [5, 5.41) is 9.04. The fraction of sp³-hybridized carbons (Fsp3) is 0.125. The number of carbonyl (C=O) groups excluding carboxylic acids is 1. The smallest absolute Gasteiger partial charge is 0.201 e. The average molecular weight is 264 g/mol. The average Bonchev–Trinajstić information content (AvgIpc) is 2.03. The van der Waals surface area contributed by atoms with Crippen molar-refractivity contribution in [3.05, 3.63) is 35.9 Å². The largest absolute Gasteiger partial charge is 0.375 e. The number of ketones is 1. The van der Waals surface area contributed by atoms with Crippen molar-refractivity contribution in [2.24, 2.45) is 0 Å². The van der Waals surface area contributed by atoms with Crippen LogP contribution in [0.25, 0.3) is 0 Å². The molecule has 1 N–H and O–H groups in total. The van der Waals surface area contributed by atoms with Crippen LogP contribution < -0.4 is 0 Å². The Morgan fingerprint density at radius 3 is 2.55 bits per heavy atom. The molecule has 0 fully saturated rings. The number of hydrogen-bond donors (Lipinski definition) is 1. The number of halogens is 1. The van der Waals surface area contributed by atoms with Gasteiger partial charge in [-0.25, -0.2) is 0 Å². The van der Waals surface area contributed by atoms with Gasteiger partial charge in [-0.2, -0.15) is 0 Å². The first kappa shape index (κ1) is 7.24. The zero-order chi connectivity index (χ0) is 9.19. The standard InChI is InChI=1S/C8H7IO2/c9-8(11)7(10)6-4-2-1-3-5-6/h1-5,8,11H/i8T. The van der Waals surface area contributed by atoms with E-state index in [0.717, 1.165) is 0 Å². The summed E-state index contributed by atoms with van der Waals surface area (Å²) in [5.41, 5.74) is 0.351. The van der Waals surface area contributed by atoms with Crippen LogP contribution in [-0.2, 0) is 0 Å². The third-order valence-corrected chi connectivity index (χ3v) is 1.71. The van der Waals surface area contributed by atoms with E-state index >= 15 is 0 Å². The molecule has 1 aromatic rings. The minimum atomic E-state index is -2.06. The molecule has 0 saturated heterocycles. The summed E-state index contributed by atoms with van der Waals surface area (Å²) in [5.74, 6) is -0.594. The van der Waals surface area contributed by atoms with Gasteiger partial charge in [0.25, 0.3) is 0 Å². The van der Waals surface area contributed by atoms with E-state index in [0.29, 0.717) is 5.56 Å². The summed E-state index contributed by atoms with van der Waals surface area (Å²) in [6.45, 7) is 0. The summed E-state index contributed by atoms with van der Waals surface area (Å²) in [7, 11) is 0. The molecule has 0 aliphatic carbocycles. The van der Waals surface area contributed by atoms with Gasteiger partial charge in [-0.3, -0.25) is 4.79 Å². The Morgan fingerprint density at radius 2 is 2.09 bits per heavy atom. The Bertz CT molecular complexity index is 279. The van der Waals surface area contributed by atoms with Crippen LogP contribution in [-0.4, -0.2) is 15.0 Å². The van der Waals surface area contributed by atoms with Crippen LogP contribution in [0.5, 0.6) is 0 Å². The Morgan fingerprint density at radius 1 is 1.55 bits per heavy atom. The summed E-state index contributed by atoms with van der Waals surface area (Å²) in [6.07, 6.45) is 0. The van der Waals surface area contributed by atoms with Crippen LogP contribution in [0.3, 0.4) is 0 Å². The lowest BCUT2D eigenvalue weighted by atomic mass is 10.1. The van der Waals surface area contributed by atoms with E-state index in [1.54, 1.807) is 30.3 Å². The first-order valence-corrected chi connectivity index (χ1v) is 4.11. The van der Waals surface area contributed by atoms with Crippen LogP contribution in [0.2, 0.25) is 0 Å². The SMILES string of the molecule is [3H]C(O)(I)C(=O)c1ccccc1. The lowest BCUT2D eigenvalue weighted by Crippen LogP contribution is -2.12. The van der Waals surface area contributed by atoms with Gasteiger partial charge in [0.05, 0.1) is 1.37 Å². The number of hydrogen-bond acceptors (Lipinski definition) is 2. The van der Waals surface area contributed by atoms with E-state index in [1.807, 2.05) is 0 Å². The van der Waals surface area contributed by atoms with E-state index in [9.17, 15) is 4.79 Å². The van der Waals surface area contributed by atoms with Crippen molar-refractivity contribution < 1.29 is 11.3 Å². The highest BCUT2D eigenvalue weighted by atomic mass is 127. The highest BCUT2D eigenvalue weighted by Crippen LogP contribution is 2.07. The van der Waals surface area contributed by atoms with Crippen molar-refractivity contribution in [3.8, 4) is 0 Å². The molecule has 0 heterocycles. The van der Waals surface area contributed by atoms with E-state index in [-0.39, 0.29) is 0 Å². The van der Waals surface area contributed by atoms with Crippen molar-refractivity contribution >= 4 is 28.4 Å². The van der Waals surface area contributed by atoms with Gasteiger partial charge >= 0.3 is 0 Å². The molecule has 1 unspecified atom stereocenters. The molecule has 1 atom stereocenters. The zero-order valence-electron chi connectivity index (χ0n) is 6.62. The molecular formula is C8H7IO2. The van der Waals surface area contributed by atoms with Crippen molar-refractivity contribution in [2.45, 2.75) is 4.09 Å². The van der Waals surface area contributed by atoms with Crippen molar-refractivity contribution in [1.82, 2.24) is 0 Å². The zero-order valence-corrected chi connectivity index (χ0v) is 7.78. The highest BCUT2D eigenvalue weighted by Gasteiger charge is 2.11. The topological polar surface area (TPSA) is 37.3 Å². The Kier molecular flexibility index (Phi) is 2.52. The van der Waals surface area contributed by atoms with Crippen LogP contribution in [0.1, 0.15) is 11.7 Å². The number of benzene rings is 1. The van der Waals surface area contributed by atoms with E-state index in [1.165, 1.54) is 22.6 Å². The number of alkyl halides is 1. The first-order valence-electron chi connectivity index (χ1n) is 3.53. The molecule has 0 aliphatic rings. The molecule has 0 amide bonds. The van der Waals surface area contributed by atoms with Crippen molar-refractivity contribution in [3.63, 3.8) is 0 Å². The summed E-state index contributed by atoms with van der Waals surface area (Å²) >= 11 is 1.38. The number of rotatable bonds is 2. The number of Topliss-reactive ketones (excluding diaryl/α,β-unsaturated/α-hetero) is 1. The third-order valence-electron chi connectivity index (χ3n) is 1.22. The fourth-order valence-corrected chi connectivity index (χ4v) is 1.02. The van der Waals surface area contributed by atoms with Gasteiger partial charge in [-0.1, -0.05) is 30.3 Å². The summed E-state index contributed by atoms with van der Waals surface area (Å²) in [6, 6.07) is 8.29. The van der Waals surface area contributed by atoms with Gasteiger partial charge < -0.3 is 5.11 Å². The van der Waals surface area contributed by atoms with Gasteiger partial charge in [0.2, 0.25) is 5.78 Å². The maximum Gasteiger partial charge on any atom is 0.201 e. The van der Waals surface area contributed by atoms with Gasteiger partial charge in [-0.05, 0) is 22.6 Å². The molecule has 0 aliphatic heterocycles. The summed E-state index contributed by atoms with van der Waals surface area (Å²) in [4.78, 5) is 11.2. The predicted octanol–water partition coefficient (Wildman–Crippen LogP) is 1.62. The molecule has 0 saturated carbocycles. The van der Waals surface area contributed by atoms with Crippen molar-refractivity contribution in [2.75, 3.05) is 0 Å². The Labute approximate surface area is 79.8 Å². The molecular weight excluding hydrogens is 255 g/mol. The second-order valence-electron chi connectivity index (χ2n) is 1.99. The molecule has 0 aromatic heterocycles. The second kappa shape index (κ2) is 3.82. The molecule has 58 valence electrons. The maximum absolute atomic E-state index is 11.2. The molecule has 1 rings (SSSR count). The fourth-order valence-electron chi connectivity index (χ4n) is 0.709. The van der Waals surface area contributed by atoms with Crippen LogP contribution in [0, 0.1) is 0 Å². The van der Waals surface area contributed by atoms with Gasteiger partial charge in [0.15, 0.2) is 4.09 Å². The Balaban J connectivity index is 2.94. The molecule has 11 heavy (non-hydrogen) atoms. The Hall–Kier alpha value is -0.420. The van der Waals surface area contributed by atoms with Crippen molar-refractivity contribution in [1.29, 1.82) is 0 Å². The molecule has 0 radical (unpaired) electrons. The first-order chi connectivity index (χ1) is 5.52. The van der Waals surface area contributed by atoms with Crippen LogP contribution in [0.15, 0.2) is 30.3 Å². The number of aliphatic hydroxyl groups is 1. The lowest BCUT2D eigenvalue weighted by Gasteiger charge is -1.99. The lowest BCUT2D eigenvalue weighted by molar-refractivity contribution is 0.0885. The monoisotopic (exact) mass is 264 g/mol. The molecule has 3 heteroatoms. The minimum absolute atomic E-state index is 0.351. The van der Waals surface area contributed by atoms with E-state index in [2.05, 4.69) is 0 Å². The molecule has 2 nitrogen and oxygen atoms in total. The van der Waals surface area contributed by atoms with Gasteiger partial charge in [0.1, 0.15) is 0 Å². The maximum atomic E-state index is 11.2. The molecule has 0 bridgehead atoms. The quantitative estimate of drug-likeness (QED) is 0.500. The predicted molar refractivity (Wildman–Crippen MR) is 50.8 cm³/mol. The van der Waals surface area contributed by atoms with Crippen LogP contribution in [0.4, 0.5) is 0 Å². The number of carbonyl (C=O) groups is 1. The van der Waals surface area contributed by atoms with Gasteiger partial charge in [0, 0.05) is 5.56 Å². The second-order valence-corrected chi connectivity index (χ2v) is 3.01. The molecule has 1 aromatic carbocycles. The summed E-state index contributed by atoms with van der Waals surface area (Å²) < 4.78 is 5.01. The third kappa shape index (κ3) is 2.27. The van der Waals surface area contributed by atoms with E-state index in [4.69, 9.17) is 6.48 Å². The normalized spacial score (nSPS) is 16.7. The highest BCUT2D eigenvalue weighted by molar-refractivity contribution is 14.1. The van der Waals surface area contributed by atoms with E-state index < -0.39 is 9.87 Å². The minimum Gasteiger partial charge on any atom is -0.375 e. The van der Waals surface area contributed by atoms with Gasteiger partial charge in [-0.15, -0.1) is 0 Å². The van der Waals surface area contributed by atoms with Crippen LogP contribution >= 0.6 is 22.6 Å².